The molecular weight excluding hydrogens is 963 g/mol. The Balaban J connectivity index is 1.53. The molecule has 1 amide bonds. The molecule has 3 rings (SSSR count). The second-order valence-electron chi connectivity index (χ2n) is 19.7. The number of ether oxygens (including phenoxy) is 6. The van der Waals surface area contributed by atoms with E-state index in [0.29, 0.717) is 12.8 Å². The standard InChI is InChI=1S/C55H95NO18/c1-3-5-7-9-11-13-15-16-17-18-19-20-21-23-25-27-29-31-33-43(61)56-38(39(60)32-30-28-26-24-22-14-12-10-8-6-4-2)37-69-53-49(67)46(64)51(41(35-58)71-53)74-55-50(68)47(65)52(42(36-59)72-55)73-54-48(66)45(63)44(62)40(34-57)70-54/h8,10,13,15,17-18,22,24,30,32,38-42,44-55,57-60,62-68H,3-7,9,11-12,14,16,19-21,23,25-29,31,33-37H2,1-2H3,(H,56,61)/b10-8+,15-13-,18-17-,24-22+,32-30+. The molecule has 3 heterocycles. The SMILES string of the molecule is CCC/C=C/CC/C=C/CC/C=C/C(O)C(COC1OC(CO)C(OC2OC(CO)C(OC3OC(CO)C(O)C(O)C3O)C(O)C2O)C(O)C1O)NC(=O)CCCCCCCCC/C=C\C/C=C\CCCCCC. The molecule has 3 saturated heterocycles. The number of hydrogen-bond acceptors (Lipinski definition) is 18. The molecule has 19 nitrogen and oxygen atoms in total. The van der Waals surface area contributed by atoms with Crippen molar-refractivity contribution in [1.82, 2.24) is 5.32 Å². The molecule has 3 fully saturated rings. The highest BCUT2D eigenvalue weighted by atomic mass is 16.8. The normalized spacial score (nSPS) is 31.9. The summed E-state index contributed by atoms with van der Waals surface area (Å²) in [6, 6.07) is -1.000. The highest BCUT2D eigenvalue weighted by Crippen LogP contribution is 2.33. The molecule has 0 saturated carbocycles. The lowest BCUT2D eigenvalue weighted by Crippen LogP contribution is -2.66. The van der Waals surface area contributed by atoms with Gasteiger partial charge in [-0.05, 0) is 70.6 Å². The monoisotopic (exact) mass is 1060 g/mol. The molecule has 0 aromatic carbocycles. The number of carbonyl (C=O) groups is 1. The van der Waals surface area contributed by atoms with Crippen LogP contribution in [0.1, 0.15) is 149 Å². The zero-order valence-electron chi connectivity index (χ0n) is 44.0. The zero-order valence-corrected chi connectivity index (χ0v) is 44.0. The molecule has 12 N–H and O–H groups in total. The van der Waals surface area contributed by atoms with Crippen molar-refractivity contribution >= 4 is 5.91 Å². The van der Waals surface area contributed by atoms with Gasteiger partial charge in [-0.25, -0.2) is 0 Å². The van der Waals surface area contributed by atoms with Gasteiger partial charge in [-0.2, -0.15) is 0 Å². The maximum absolute atomic E-state index is 13.3. The van der Waals surface area contributed by atoms with E-state index in [1.165, 1.54) is 25.7 Å². The van der Waals surface area contributed by atoms with Crippen LogP contribution in [-0.2, 0) is 33.2 Å². The summed E-state index contributed by atoms with van der Waals surface area (Å²) in [6.07, 6.45) is 15.1. The highest BCUT2D eigenvalue weighted by Gasteiger charge is 2.53. The fourth-order valence-electron chi connectivity index (χ4n) is 8.90. The predicted octanol–water partition coefficient (Wildman–Crippen LogP) is 3.31. The number of allylic oxidation sites excluding steroid dienone is 9. The van der Waals surface area contributed by atoms with Crippen LogP contribution >= 0.6 is 0 Å². The van der Waals surface area contributed by atoms with Gasteiger partial charge in [-0.3, -0.25) is 4.79 Å². The number of hydrogen-bond donors (Lipinski definition) is 12. The van der Waals surface area contributed by atoms with Crippen molar-refractivity contribution in [3.63, 3.8) is 0 Å². The number of aliphatic hydroxyl groups is 11. The smallest absolute Gasteiger partial charge is 0.220 e. The van der Waals surface area contributed by atoms with Crippen LogP contribution < -0.4 is 5.32 Å². The van der Waals surface area contributed by atoms with Gasteiger partial charge in [0.2, 0.25) is 5.91 Å². The van der Waals surface area contributed by atoms with Crippen molar-refractivity contribution in [2.24, 2.45) is 0 Å². The Kier molecular flexibility index (Phi) is 34.6. The third-order valence-electron chi connectivity index (χ3n) is 13.5. The fourth-order valence-corrected chi connectivity index (χ4v) is 8.90. The Hall–Kier alpha value is -2.51. The number of amides is 1. The molecule has 17 atom stereocenters. The van der Waals surface area contributed by atoms with E-state index in [1.54, 1.807) is 6.08 Å². The Bertz CT molecular complexity index is 1590. The van der Waals surface area contributed by atoms with E-state index >= 15 is 0 Å². The van der Waals surface area contributed by atoms with Gasteiger partial charge in [0.1, 0.15) is 73.2 Å². The number of unbranched alkanes of at least 4 members (excludes halogenated alkanes) is 14. The largest absolute Gasteiger partial charge is 0.394 e. The van der Waals surface area contributed by atoms with Gasteiger partial charge < -0.3 is 89.9 Å². The topological polar surface area (TPSA) is 307 Å². The zero-order chi connectivity index (χ0) is 54.1. The Labute approximate surface area is 439 Å². The minimum Gasteiger partial charge on any atom is -0.394 e. The van der Waals surface area contributed by atoms with Crippen molar-refractivity contribution < 1.29 is 89.4 Å². The molecule has 3 aliphatic heterocycles. The number of aliphatic hydroxyl groups excluding tert-OH is 11. The highest BCUT2D eigenvalue weighted by molar-refractivity contribution is 5.76. The molecule has 3 aliphatic rings. The van der Waals surface area contributed by atoms with Gasteiger partial charge in [-0.1, -0.05) is 132 Å². The summed E-state index contributed by atoms with van der Waals surface area (Å²) in [5.41, 5.74) is 0. The number of nitrogens with one attached hydrogen (secondary N) is 1. The third kappa shape index (κ3) is 23.6. The molecule has 428 valence electrons. The first-order valence-corrected chi connectivity index (χ1v) is 27.5. The Morgan fingerprint density at radius 1 is 0.486 bits per heavy atom. The van der Waals surface area contributed by atoms with Crippen molar-refractivity contribution in [2.75, 3.05) is 26.4 Å². The second-order valence-corrected chi connectivity index (χ2v) is 19.7. The van der Waals surface area contributed by atoms with Crippen LogP contribution in [0.5, 0.6) is 0 Å². The second kappa shape index (κ2) is 38.9. The summed E-state index contributed by atoms with van der Waals surface area (Å²) in [5, 5.41) is 120. The molecule has 0 aliphatic carbocycles. The summed E-state index contributed by atoms with van der Waals surface area (Å²) >= 11 is 0. The first-order valence-electron chi connectivity index (χ1n) is 27.5. The number of rotatable bonds is 38. The van der Waals surface area contributed by atoms with E-state index in [-0.39, 0.29) is 18.9 Å². The molecule has 0 spiro atoms. The molecule has 0 aromatic heterocycles. The van der Waals surface area contributed by atoms with Crippen LogP contribution in [0.2, 0.25) is 0 Å². The van der Waals surface area contributed by atoms with Gasteiger partial charge in [0.05, 0.1) is 38.6 Å². The molecule has 0 bridgehead atoms. The van der Waals surface area contributed by atoms with E-state index in [2.05, 4.69) is 67.8 Å². The lowest BCUT2D eigenvalue weighted by molar-refractivity contribution is -0.379. The molecule has 17 unspecified atom stereocenters. The maximum atomic E-state index is 13.3. The quantitative estimate of drug-likeness (QED) is 0.0312. The summed E-state index contributed by atoms with van der Waals surface area (Å²) < 4.78 is 34.1. The summed E-state index contributed by atoms with van der Waals surface area (Å²) in [7, 11) is 0. The van der Waals surface area contributed by atoms with E-state index < -0.39 is 124 Å². The first-order chi connectivity index (χ1) is 35.8. The third-order valence-corrected chi connectivity index (χ3v) is 13.5. The van der Waals surface area contributed by atoms with Crippen LogP contribution in [0.4, 0.5) is 0 Å². The van der Waals surface area contributed by atoms with Crippen LogP contribution in [0.15, 0.2) is 60.8 Å². The summed E-state index contributed by atoms with van der Waals surface area (Å²) in [6.45, 7) is 1.55. The van der Waals surface area contributed by atoms with Crippen molar-refractivity contribution in [3.05, 3.63) is 60.8 Å². The van der Waals surface area contributed by atoms with Crippen LogP contribution in [-0.4, -0.2) is 193 Å². The molecule has 19 heteroatoms. The Morgan fingerprint density at radius 2 is 0.932 bits per heavy atom. The number of carbonyl (C=O) groups excluding carboxylic acids is 1. The van der Waals surface area contributed by atoms with Gasteiger partial charge in [0, 0.05) is 6.42 Å². The van der Waals surface area contributed by atoms with E-state index in [0.717, 1.165) is 89.9 Å². The van der Waals surface area contributed by atoms with Gasteiger partial charge in [-0.15, -0.1) is 0 Å². The molecule has 0 aromatic rings. The predicted molar refractivity (Wildman–Crippen MR) is 277 cm³/mol. The molecule has 74 heavy (non-hydrogen) atoms. The van der Waals surface area contributed by atoms with E-state index in [9.17, 15) is 61.0 Å². The summed E-state index contributed by atoms with van der Waals surface area (Å²) in [4.78, 5) is 13.3. The minimum atomic E-state index is -1.98. The van der Waals surface area contributed by atoms with Crippen LogP contribution in [0.25, 0.3) is 0 Å². The van der Waals surface area contributed by atoms with Crippen LogP contribution in [0.3, 0.4) is 0 Å². The van der Waals surface area contributed by atoms with Crippen LogP contribution in [0, 0.1) is 0 Å². The first kappa shape index (κ1) is 65.8. The summed E-state index contributed by atoms with van der Waals surface area (Å²) in [5.74, 6) is -0.304. The molecule has 0 radical (unpaired) electrons. The average molecular weight is 1060 g/mol. The average Bonchev–Trinajstić information content (AvgIpc) is 3.40. The lowest BCUT2D eigenvalue weighted by atomic mass is 9.96. The van der Waals surface area contributed by atoms with Crippen molar-refractivity contribution in [2.45, 2.75) is 253 Å². The Morgan fingerprint density at radius 3 is 1.47 bits per heavy atom. The van der Waals surface area contributed by atoms with Gasteiger partial charge >= 0.3 is 0 Å². The fraction of sp³-hybridized carbons (Fsp3) is 0.800. The molecular formula is C55H95NO18. The van der Waals surface area contributed by atoms with Crippen molar-refractivity contribution in [1.29, 1.82) is 0 Å². The minimum absolute atomic E-state index is 0.220. The van der Waals surface area contributed by atoms with Gasteiger partial charge in [0.25, 0.3) is 0 Å². The van der Waals surface area contributed by atoms with Gasteiger partial charge in [0.15, 0.2) is 18.9 Å². The van der Waals surface area contributed by atoms with E-state index in [4.69, 9.17) is 28.4 Å². The van der Waals surface area contributed by atoms with Crippen molar-refractivity contribution in [3.8, 4) is 0 Å². The maximum Gasteiger partial charge on any atom is 0.220 e. The van der Waals surface area contributed by atoms with E-state index in [1.807, 2.05) is 6.08 Å². The lowest BCUT2D eigenvalue weighted by Gasteiger charge is -2.48.